The van der Waals surface area contributed by atoms with Gasteiger partial charge in [0.25, 0.3) is 10.0 Å². The third-order valence-corrected chi connectivity index (χ3v) is 7.29. The molecular formula is C21H25N3O5S. The summed E-state index contributed by atoms with van der Waals surface area (Å²) in [4.78, 5) is 12.5. The first-order valence-corrected chi connectivity index (χ1v) is 11.3. The van der Waals surface area contributed by atoms with E-state index < -0.39 is 16.1 Å². The van der Waals surface area contributed by atoms with Crippen LogP contribution in [-0.4, -0.2) is 45.1 Å². The molecular weight excluding hydrogens is 406 g/mol. The number of furan rings is 1. The Kier molecular flexibility index (Phi) is 5.68. The van der Waals surface area contributed by atoms with Crippen LogP contribution in [0.1, 0.15) is 29.7 Å². The Hall–Kier alpha value is -2.62. The van der Waals surface area contributed by atoms with Gasteiger partial charge in [-0.25, -0.2) is 13.2 Å². The standard InChI is InChI=1S/C21H25N3O5S/c1-14-19(23-21(25)22-18-8-4-6-15-5-3-7-17(15)18)13-20(29-14)30(26,27)24-11-9-16(28-2)10-12-24/h3-4,6-8,13,16H,5,9-12H2,1-2H3,(H2,22,23,25). The van der Waals surface area contributed by atoms with Gasteiger partial charge in [0.15, 0.2) is 0 Å². The highest BCUT2D eigenvalue weighted by molar-refractivity contribution is 7.89. The van der Waals surface area contributed by atoms with E-state index in [9.17, 15) is 13.2 Å². The lowest BCUT2D eigenvalue weighted by molar-refractivity contribution is 0.0601. The monoisotopic (exact) mass is 431 g/mol. The molecule has 1 aliphatic heterocycles. The van der Waals surface area contributed by atoms with Crippen molar-refractivity contribution in [3.8, 4) is 0 Å². The van der Waals surface area contributed by atoms with Crippen LogP contribution >= 0.6 is 0 Å². The Morgan fingerprint density at radius 2 is 1.93 bits per heavy atom. The first kappa shape index (κ1) is 20.6. The number of hydrogen-bond acceptors (Lipinski definition) is 5. The molecule has 4 rings (SSSR count). The molecule has 2 amide bonds. The second-order valence-electron chi connectivity index (χ2n) is 7.44. The van der Waals surface area contributed by atoms with Crippen molar-refractivity contribution in [3.63, 3.8) is 0 Å². The van der Waals surface area contributed by atoms with Gasteiger partial charge in [-0.3, -0.25) is 0 Å². The van der Waals surface area contributed by atoms with Crippen LogP contribution in [0.25, 0.3) is 6.08 Å². The molecule has 2 heterocycles. The maximum Gasteiger partial charge on any atom is 0.323 e. The summed E-state index contributed by atoms with van der Waals surface area (Å²) in [7, 11) is -2.14. The predicted molar refractivity (Wildman–Crippen MR) is 114 cm³/mol. The summed E-state index contributed by atoms with van der Waals surface area (Å²) in [6, 6.07) is 6.64. The van der Waals surface area contributed by atoms with E-state index in [1.807, 2.05) is 30.4 Å². The minimum atomic E-state index is -3.77. The van der Waals surface area contributed by atoms with E-state index in [1.54, 1.807) is 14.0 Å². The van der Waals surface area contributed by atoms with E-state index in [4.69, 9.17) is 9.15 Å². The van der Waals surface area contributed by atoms with Crippen molar-refractivity contribution in [2.24, 2.45) is 0 Å². The zero-order chi connectivity index (χ0) is 21.3. The number of nitrogens with zero attached hydrogens (tertiary/aromatic N) is 1. The lowest BCUT2D eigenvalue weighted by Gasteiger charge is -2.29. The molecule has 2 aromatic rings. The van der Waals surface area contributed by atoms with Crippen molar-refractivity contribution in [2.75, 3.05) is 30.8 Å². The van der Waals surface area contributed by atoms with Gasteiger partial charge >= 0.3 is 6.03 Å². The van der Waals surface area contributed by atoms with Crippen molar-refractivity contribution in [1.29, 1.82) is 0 Å². The van der Waals surface area contributed by atoms with Gasteiger partial charge in [-0.1, -0.05) is 24.3 Å². The fourth-order valence-electron chi connectivity index (χ4n) is 3.82. The van der Waals surface area contributed by atoms with Crippen molar-refractivity contribution >= 4 is 33.5 Å². The SMILES string of the molecule is COC1CCN(S(=O)(=O)c2cc(NC(=O)Nc3cccc4c3C=CC4)c(C)o2)CC1. The highest BCUT2D eigenvalue weighted by atomic mass is 32.2. The molecule has 1 saturated heterocycles. The largest absolute Gasteiger partial charge is 0.446 e. The number of aryl methyl sites for hydroxylation is 1. The van der Waals surface area contributed by atoms with E-state index in [1.165, 1.54) is 10.4 Å². The van der Waals surface area contributed by atoms with Crippen molar-refractivity contribution in [1.82, 2.24) is 4.31 Å². The number of allylic oxidation sites excluding steroid dienone is 1. The third-order valence-electron chi connectivity index (χ3n) is 5.54. The molecule has 0 radical (unpaired) electrons. The van der Waals surface area contributed by atoms with Crippen molar-refractivity contribution in [3.05, 3.63) is 47.2 Å². The minimum Gasteiger partial charge on any atom is -0.446 e. The molecule has 1 aliphatic carbocycles. The summed E-state index contributed by atoms with van der Waals surface area (Å²) in [5.74, 6) is 0.327. The van der Waals surface area contributed by atoms with E-state index >= 15 is 0 Å². The highest BCUT2D eigenvalue weighted by Crippen LogP contribution is 2.30. The lowest BCUT2D eigenvalue weighted by Crippen LogP contribution is -2.40. The number of carbonyl (C=O) groups excluding carboxylic acids is 1. The third kappa shape index (κ3) is 4.00. The van der Waals surface area contributed by atoms with Crippen LogP contribution in [-0.2, 0) is 21.2 Å². The zero-order valence-corrected chi connectivity index (χ0v) is 17.8. The number of piperidine rings is 1. The predicted octanol–water partition coefficient (Wildman–Crippen LogP) is 3.60. The number of amides is 2. The average Bonchev–Trinajstić information content (AvgIpc) is 3.36. The molecule has 0 bridgehead atoms. The molecule has 0 spiro atoms. The van der Waals surface area contributed by atoms with Crippen LogP contribution in [0.4, 0.5) is 16.2 Å². The van der Waals surface area contributed by atoms with Gasteiger partial charge in [-0.15, -0.1) is 0 Å². The van der Waals surface area contributed by atoms with Gasteiger partial charge in [0.1, 0.15) is 5.76 Å². The number of carbonyl (C=O) groups is 1. The quantitative estimate of drug-likeness (QED) is 0.753. The Bertz CT molecular complexity index is 1080. The van der Waals surface area contributed by atoms with Crippen LogP contribution in [0.2, 0.25) is 0 Å². The summed E-state index contributed by atoms with van der Waals surface area (Å²) in [6.45, 7) is 2.36. The van der Waals surface area contributed by atoms with E-state index in [-0.39, 0.29) is 11.2 Å². The second-order valence-corrected chi connectivity index (χ2v) is 9.31. The summed E-state index contributed by atoms with van der Waals surface area (Å²) in [5.41, 5.74) is 3.16. The first-order valence-electron chi connectivity index (χ1n) is 9.88. The number of rotatable bonds is 5. The molecule has 9 heteroatoms. The molecule has 8 nitrogen and oxygen atoms in total. The number of fused-ring (bicyclic) bond motifs is 1. The Morgan fingerprint density at radius 3 is 2.67 bits per heavy atom. The van der Waals surface area contributed by atoms with Gasteiger partial charge < -0.3 is 19.8 Å². The highest BCUT2D eigenvalue weighted by Gasteiger charge is 2.32. The normalized spacial score (nSPS) is 17.1. The summed E-state index contributed by atoms with van der Waals surface area (Å²) in [5, 5.41) is 5.34. The number of anilines is 2. The molecule has 160 valence electrons. The molecule has 0 atom stereocenters. The molecule has 0 unspecified atom stereocenters. The number of urea groups is 1. The van der Waals surface area contributed by atoms with E-state index in [0.717, 1.165) is 17.5 Å². The van der Waals surface area contributed by atoms with Crippen molar-refractivity contribution in [2.45, 2.75) is 37.4 Å². The Morgan fingerprint density at radius 1 is 1.20 bits per heavy atom. The summed E-state index contributed by atoms with van der Waals surface area (Å²) >= 11 is 0. The van der Waals surface area contributed by atoms with Gasteiger partial charge in [-0.2, -0.15) is 4.31 Å². The molecule has 2 N–H and O–H groups in total. The number of benzene rings is 1. The molecule has 1 fully saturated rings. The van der Waals surface area contributed by atoms with Crippen LogP contribution in [0.5, 0.6) is 0 Å². The number of sulfonamides is 1. The van der Waals surface area contributed by atoms with E-state index in [0.29, 0.717) is 43.1 Å². The fourth-order valence-corrected chi connectivity index (χ4v) is 5.26. The number of nitrogens with one attached hydrogen (secondary N) is 2. The molecule has 1 aromatic heterocycles. The van der Waals surface area contributed by atoms with Gasteiger partial charge in [0.05, 0.1) is 11.8 Å². The molecule has 1 aromatic carbocycles. The molecule has 2 aliphatic rings. The maximum absolute atomic E-state index is 12.9. The van der Waals surface area contributed by atoms with Gasteiger partial charge in [0.2, 0.25) is 5.09 Å². The smallest absolute Gasteiger partial charge is 0.323 e. The minimum absolute atomic E-state index is 0.0741. The molecule has 0 saturated carbocycles. The zero-order valence-electron chi connectivity index (χ0n) is 17.0. The van der Waals surface area contributed by atoms with Gasteiger partial charge in [0, 0.05) is 37.5 Å². The number of hydrogen-bond donors (Lipinski definition) is 2. The Balaban J connectivity index is 1.46. The topological polar surface area (TPSA) is 101 Å². The Labute approximate surface area is 175 Å². The maximum atomic E-state index is 12.9. The summed E-state index contributed by atoms with van der Waals surface area (Å²) < 4.78 is 38.0. The molecule has 30 heavy (non-hydrogen) atoms. The van der Waals surface area contributed by atoms with Crippen molar-refractivity contribution < 1.29 is 22.4 Å². The van der Waals surface area contributed by atoms with E-state index in [2.05, 4.69) is 10.6 Å². The number of ether oxygens (including phenoxy) is 1. The van der Waals surface area contributed by atoms with Crippen LogP contribution in [0.15, 0.2) is 39.9 Å². The fraction of sp³-hybridized carbons (Fsp3) is 0.381. The first-order chi connectivity index (χ1) is 14.4. The van der Waals surface area contributed by atoms with Crippen LogP contribution < -0.4 is 10.6 Å². The second kappa shape index (κ2) is 8.25. The number of methoxy groups -OCH3 is 1. The lowest BCUT2D eigenvalue weighted by atomic mass is 10.1. The van der Waals surface area contributed by atoms with Crippen LogP contribution in [0.3, 0.4) is 0 Å². The van der Waals surface area contributed by atoms with Crippen LogP contribution in [0, 0.1) is 6.92 Å². The van der Waals surface area contributed by atoms with Gasteiger partial charge in [-0.05, 0) is 37.8 Å². The average molecular weight is 432 g/mol. The summed E-state index contributed by atoms with van der Waals surface area (Å²) in [6.07, 6.45) is 6.21.